The highest BCUT2D eigenvalue weighted by atomic mass is 32.2. The molecule has 0 spiro atoms. The SMILES string of the molecule is Cc1ccc(C(C)(O)CNC(=O)C(C)CSc2ccccc2)o1. The number of hydrogen-bond acceptors (Lipinski definition) is 4. The Bertz CT molecular complexity index is 637. The molecule has 124 valence electrons. The van der Waals surface area contributed by atoms with E-state index in [4.69, 9.17) is 4.42 Å². The predicted octanol–water partition coefficient (Wildman–Crippen LogP) is 3.34. The van der Waals surface area contributed by atoms with Crippen molar-refractivity contribution in [1.29, 1.82) is 0 Å². The fourth-order valence-corrected chi connectivity index (χ4v) is 3.00. The molecular formula is C18H23NO3S. The van der Waals surface area contributed by atoms with Gasteiger partial charge in [0.25, 0.3) is 0 Å². The number of rotatable bonds is 7. The van der Waals surface area contributed by atoms with Crippen LogP contribution in [0.25, 0.3) is 0 Å². The first-order chi connectivity index (χ1) is 10.9. The molecule has 1 heterocycles. The lowest BCUT2D eigenvalue weighted by atomic mass is 10.0. The second kappa shape index (κ2) is 7.70. The minimum Gasteiger partial charge on any atom is -0.463 e. The molecule has 2 unspecified atom stereocenters. The first-order valence-electron chi connectivity index (χ1n) is 7.63. The highest BCUT2D eigenvalue weighted by molar-refractivity contribution is 7.99. The quantitative estimate of drug-likeness (QED) is 0.763. The number of nitrogens with one attached hydrogen (secondary N) is 1. The number of furan rings is 1. The van der Waals surface area contributed by atoms with Gasteiger partial charge in [0, 0.05) is 16.6 Å². The van der Waals surface area contributed by atoms with Gasteiger partial charge in [0.05, 0.1) is 6.54 Å². The molecule has 23 heavy (non-hydrogen) atoms. The Hall–Kier alpha value is -1.72. The van der Waals surface area contributed by atoms with E-state index in [0.717, 1.165) is 10.7 Å². The third-order valence-corrected chi connectivity index (χ3v) is 4.84. The van der Waals surface area contributed by atoms with Crippen molar-refractivity contribution in [2.75, 3.05) is 12.3 Å². The molecule has 5 heteroatoms. The van der Waals surface area contributed by atoms with Crippen LogP contribution in [0.15, 0.2) is 51.8 Å². The largest absolute Gasteiger partial charge is 0.463 e. The number of aryl methyl sites for hydroxylation is 1. The lowest BCUT2D eigenvalue weighted by molar-refractivity contribution is -0.125. The number of carbonyl (C=O) groups is 1. The average Bonchev–Trinajstić information content (AvgIpc) is 2.99. The van der Waals surface area contributed by atoms with Crippen LogP contribution in [-0.2, 0) is 10.4 Å². The molecule has 2 atom stereocenters. The summed E-state index contributed by atoms with van der Waals surface area (Å²) in [4.78, 5) is 13.3. The number of thioether (sulfide) groups is 1. The van der Waals surface area contributed by atoms with Gasteiger partial charge >= 0.3 is 0 Å². The highest BCUT2D eigenvalue weighted by Gasteiger charge is 2.28. The van der Waals surface area contributed by atoms with Crippen molar-refractivity contribution in [2.24, 2.45) is 5.92 Å². The predicted molar refractivity (Wildman–Crippen MR) is 92.4 cm³/mol. The first-order valence-corrected chi connectivity index (χ1v) is 8.62. The zero-order valence-corrected chi connectivity index (χ0v) is 14.5. The third-order valence-electron chi connectivity index (χ3n) is 3.57. The Kier molecular flexibility index (Phi) is 5.91. The zero-order chi connectivity index (χ0) is 16.9. The van der Waals surface area contributed by atoms with E-state index in [2.05, 4.69) is 5.32 Å². The number of hydrogen-bond donors (Lipinski definition) is 2. The Morgan fingerprint density at radius 2 is 2.00 bits per heavy atom. The van der Waals surface area contributed by atoms with E-state index in [1.54, 1.807) is 30.8 Å². The van der Waals surface area contributed by atoms with Crippen molar-refractivity contribution in [1.82, 2.24) is 5.32 Å². The molecule has 1 aromatic heterocycles. The van der Waals surface area contributed by atoms with Gasteiger partial charge in [-0.15, -0.1) is 11.8 Å². The number of carbonyl (C=O) groups excluding carboxylic acids is 1. The van der Waals surface area contributed by atoms with E-state index in [1.807, 2.05) is 44.2 Å². The molecule has 0 fully saturated rings. The molecule has 0 aliphatic heterocycles. The van der Waals surface area contributed by atoms with E-state index in [0.29, 0.717) is 11.5 Å². The normalized spacial score (nSPS) is 15.0. The number of amides is 1. The summed E-state index contributed by atoms with van der Waals surface area (Å²) in [5.41, 5.74) is -1.21. The van der Waals surface area contributed by atoms with Crippen LogP contribution in [0.3, 0.4) is 0 Å². The molecule has 0 radical (unpaired) electrons. The summed E-state index contributed by atoms with van der Waals surface area (Å²) in [6.45, 7) is 5.46. The summed E-state index contributed by atoms with van der Waals surface area (Å²) in [6.07, 6.45) is 0. The first kappa shape index (κ1) is 17.6. The van der Waals surface area contributed by atoms with E-state index in [1.165, 1.54) is 0 Å². The van der Waals surface area contributed by atoms with Crippen molar-refractivity contribution in [3.8, 4) is 0 Å². The van der Waals surface area contributed by atoms with Crippen LogP contribution in [0, 0.1) is 12.8 Å². The molecule has 1 aromatic carbocycles. The van der Waals surface area contributed by atoms with Crippen LogP contribution >= 0.6 is 11.8 Å². The Labute approximate surface area is 141 Å². The Balaban J connectivity index is 1.81. The molecule has 2 rings (SSSR count). The van der Waals surface area contributed by atoms with Gasteiger partial charge in [0.15, 0.2) is 0 Å². The third kappa shape index (κ3) is 5.15. The summed E-state index contributed by atoms with van der Waals surface area (Å²) in [6, 6.07) is 13.5. The molecule has 0 aliphatic carbocycles. The van der Waals surface area contributed by atoms with Crippen LogP contribution in [-0.4, -0.2) is 23.3 Å². The lowest BCUT2D eigenvalue weighted by Gasteiger charge is -2.22. The fraction of sp³-hybridized carbons (Fsp3) is 0.389. The van der Waals surface area contributed by atoms with E-state index >= 15 is 0 Å². The molecule has 2 N–H and O–H groups in total. The summed E-state index contributed by atoms with van der Waals surface area (Å²) >= 11 is 1.65. The van der Waals surface area contributed by atoms with Crippen molar-refractivity contribution in [3.63, 3.8) is 0 Å². The number of benzene rings is 1. The van der Waals surface area contributed by atoms with Gasteiger partial charge in [0.1, 0.15) is 17.1 Å². The van der Waals surface area contributed by atoms with Crippen LogP contribution in [0.5, 0.6) is 0 Å². The van der Waals surface area contributed by atoms with Crippen molar-refractivity contribution < 1.29 is 14.3 Å². The monoisotopic (exact) mass is 333 g/mol. The molecule has 0 saturated heterocycles. The van der Waals surface area contributed by atoms with Crippen molar-refractivity contribution in [2.45, 2.75) is 31.3 Å². The average molecular weight is 333 g/mol. The minimum absolute atomic E-state index is 0.0722. The van der Waals surface area contributed by atoms with Crippen molar-refractivity contribution in [3.05, 3.63) is 54.0 Å². The maximum absolute atomic E-state index is 12.2. The van der Waals surface area contributed by atoms with Gasteiger partial charge in [-0.05, 0) is 38.1 Å². The topological polar surface area (TPSA) is 62.5 Å². The van der Waals surface area contributed by atoms with E-state index < -0.39 is 5.60 Å². The summed E-state index contributed by atoms with van der Waals surface area (Å²) < 4.78 is 5.44. The van der Waals surface area contributed by atoms with Crippen LogP contribution < -0.4 is 5.32 Å². The maximum Gasteiger partial charge on any atom is 0.223 e. The minimum atomic E-state index is -1.21. The molecule has 2 aromatic rings. The second-order valence-electron chi connectivity index (χ2n) is 5.93. The summed E-state index contributed by atoms with van der Waals surface area (Å²) in [7, 11) is 0. The van der Waals surface area contributed by atoms with E-state index in [-0.39, 0.29) is 18.4 Å². The van der Waals surface area contributed by atoms with Crippen molar-refractivity contribution >= 4 is 17.7 Å². The van der Waals surface area contributed by atoms with Gasteiger partial charge in [-0.3, -0.25) is 4.79 Å². The number of aliphatic hydroxyl groups is 1. The standard InChI is InChI=1S/C18H23NO3S/c1-13(11-23-15-7-5-4-6-8-15)17(20)19-12-18(3,21)16-10-9-14(2)22-16/h4-10,13,21H,11-12H2,1-3H3,(H,19,20). The van der Waals surface area contributed by atoms with Gasteiger partial charge < -0.3 is 14.8 Å². The molecular weight excluding hydrogens is 310 g/mol. The zero-order valence-electron chi connectivity index (χ0n) is 13.7. The molecule has 0 aliphatic rings. The maximum atomic E-state index is 12.2. The molecule has 0 saturated carbocycles. The van der Waals surface area contributed by atoms with Gasteiger partial charge in [-0.2, -0.15) is 0 Å². The Morgan fingerprint density at radius 3 is 2.61 bits per heavy atom. The second-order valence-corrected chi connectivity index (χ2v) is 7.02. The fourth-order valence-electron chi connectivity index (χ4n) is 2.06. The van der Waals surface area contributed by atoms with Crippen LogP contribution in [0.1, 0.15) is 25.4 Å². The van der Waals surface area contributed by atoms with Crippen LogP contribution in [0.2, 0.25) is 0 Å². The van der Waals surface area contributed by atoms with Gasteiger partial charge in [0.2, 0.25) is 5.91 Å². The lowest BCUT2D eigenvalue weighted by Crippen LogP contribution is -2.41. The molecule has 4 nitrogen and oxygen atoms in total. The molecule has 0 bridgehead atoms. The smallest absolute Gasteiger partial charge is 0.223 e. The van der Waals surface area contributed by atoms with Gasteiger partial charge in [-0.1, -0.05) is 25.1 Å². The van der Waals surface area contributed by atoms with Gasteiger partial charge in [-0.25, -0.2) is 0 Å². The van der Waals surface area contributed by atoms with Crippen LogP contribution in [0.4, 0.5) is 0 Å². The van der Waals surface area contributed by atoms with E-state index in [9.17, 15) is 9.90 Å². The summed E-state index contributed by atoms with van der Waals surface area (Å²) in [5, 5.41) is 13.2. The highest BCUT2D eigenvalue weighted by Crippen LogP contribution is 2.23. The Morgan fingerprint density at radius 1 is 1.30 bits per heavy atom. The summed E-state index contributed by atoms with van der Waals surface area (Å²) in [5.74, 6) is 1.67. The molecule has 1 amide bonds.